The van der Waals surface area contributed by atoms with Gasteiger partial charge in [0.2, 0.25) is 0 Å². The Kier molecular flexibility index (Phi) is 8.71. The number of aromatic nitrogens is 2. The average Bonchev–Trinajstić information content (AvgIpc) is 3.22. The van der Waals surface area contributed by atoms with Crippen LogP contribution in [-0.2, 0) is 13.5 Å². The molecule has 0 aromatic carbocycles. The lowest BCUT2D eigenvalue weighted by molar-refractivity contribution is 0.472. The van der Waals surface area contributed by atoms with E-state index in [1.807, 2.05) is 17.9 Å². The minimum atomic E-state index is 0.853. The fraction of sp³-hybridized carbons (Fsp3) is 0.789. The Bertz CT molecular complexity index is 474. The van der Waals surface area contributed by atoms with Gasteiger partial charge >= 0.3 is 0 Å². The average molecular weight is 334 g/mol. The Morgan fingerprint density at radius 2 is 2.08 bits per heavy atom. The van der Waals surface area contributed by atoms with E-state index in [2.05, 4.69) is 33.8 Å². The molecule has 136 valence electrons. The number of guanidine groups is 1. The van der Waals surface area contributed by atoms with Gasteiger partial charge in [0.05, 0.1) is 6.20 Å². The van der Waals surface area contributed by atoms with Crippen molar-refractivity contribution in [3.05, 3.63) is 18.0 Å². The van der Waals surface area contributed by atoms with E-state index in [0.29, 0.717) is 0 Å². The molecule has 5 heteroatoms. The Morgan fingerprint density at radius 1 is 1.25 bits per heavy atom. The molecule has 0 spiro atoms. The van der Waals surface area contributed by atoms with Crippen LogP contribution < -0.4 is 10.6 Å². The fourth-order valence-corrected chi connectivity index (χ4v) is 3.48. The molecule has 1 aromatic heterocycles. The molecule has 1 heterocycles. The quantitative estimate of drug-likeness (QED) is 0.392. The van der Waals surface area contributed by atoms with Crippen LogP contribution in [0.2, 0.25) is 0 Å². The number of unbranched alkanes of at least 4 members (excludes halogenated alkanes) is 1. The van der Waals surface area contributed by atoms with Crippen LogP contribution in [0.25, 0.3) is 0 Å². The molecule has 0 saturated heterocycles. The monoisotopic (exact) mass is 333 g/mol. The Balaban J connectivity index is 1.57. The molecule has 0 bridgehead atoms. The van der Waals surface area contributed by atoms with Crippen LogP contribution >= 0.6 is 0 Å². The molecule has 2 N–H and O–H groups in total. The van der Waals surface area contributed by atoms with Gasteiger partial charge in [-0.3, -0.25) is 9.67 Å². The van der Waals surface area contributed by atoms with E-state index in [0.717, 1.165) is 44.4 Å². The molecule has 1 aliphatic rings. The third kappa shape index (κ3) is 7.37. The van der Waals surface area contributed by atoms with Crippen molar-refractivity contribution in [3.8, 4) is 0 Å². The molecule has 0 atom stereocenters. The van der Waals surface area contributed by atoms with Crippen molar-refractivity contribution >= 4 is 5.96 Å². The van der Waals surface area contributed by atoms with E-state index in [4.69, 9.17) is 0 Å². The van der Waals surface area contributed by atoms with Gasteiger partial charge in [-0.2, -0.15) is 5.10 Å². The van der Waals surface area contributed by atoms with Crippen molar-refractivity contribution in [2.45, 2.75) is 64.7 Å². The normalized spacial score (nSPS) is 15.8. The van der Waals surface area contributed by atoms with Gasteiger partial charge in [-0.05, 0) is 37.7 Å². The summed E-state index contributed by atoms with van der Waals surface area (Å²) in [4.78, 5) is 4.68. The van der Waals surface area contributed by atoms with Crippen molar-refractivity contribution in [3.63, 3.8) is 0 Å². The summed E-state index contributed by atoms with van der Waals surface area (Å²) in [5.74, 6) is 1.98. The number of aryl methyl sites for hydroxylation is 2. The molecule has 0 unspecified atom stereocenters. The number of hydrogen-bond acceptors (Lipinski definition) is 2. The van der Waals surface area contributed by atoms with Crippen LogP contribution in [0.4, 0.5) is 0 Å². The number of hydrogen-bond donors (Lipinski definition) is 2. The second kappa shape index (κ2) is 11.1. The zero-order chi connectivity index (χ0) is 17.0. The largest absolute Gasteiger partial charge is 0.357 e. The molecule has 1 fully saturated rings. The van der Waals surface area contributed by atoms with Gasteiger partial charge in [-0.15, -0.1) is 0 Å². The maximum atomic E-state index is 4.68. The topological polar surface area (TPSA) is 54.2 Å². The highest BCUT2D eigenvalue weighted by Crippen LogP contribution is 2.28. The van der Waals surface area contributed by atoms with Crippen molar-refractivity contribution in [1.29, 1.82) is 0 Å². The van der Waals surface area contributed by atoms with E-state index in [9.17, 15) is 0 Å². The SMILES string of the molecule is CCNC(=NCCCc1cnn(C)c1)NCCCCC1CCCC1. The second-order valence-corrected chi connectivity index (χ2v) is 6.96. The summed E-state index contributed by atoms with van der Waals surface area (Å²) in [5.41, 5.74) is 1.29. The van der Waals surface area contributed by atoms with E-state index in [1.54, 1.807) is 0 Å². The molecule has 1 aliphatic carbocycles. The Morgan fingerprint density at radius 3 is 2.79 bits per heavy atom. The molecule has 24 heavy (non-hydrogen) atoms. The van der Waals surface area contributed by atoms with Gasteiger partial charge < -0.3 is 10.6 Å². The second-order valence-electron chi connectivity index (χ2n) is 6.96. The maximum Gasteiger partial charge on any atom is 0.191 e. The summed E-state index contributed by atoms with van der Waals surface area (Å²) in [6.45, 7) is 4.91. The number of nitrogens with one attached hydrogen (secondary N) is 2. The van der Waals surface area contributed by atoms with Gasteiger partial charge in [0.25, 0.3) is 0 Å². The van der Waals surface area contributed by atoms with Crippen molar-refractivity contribution in [2.75, 3.05) is 19.6 Å². The molecule has 1 saturated carbocycles. The van der Waals surface area contributed by atoms with Crippen LogP contribution in [0.1, 0.15) is 63.9 Å². The third-order valence-electron chi connectivity index (χ3n) is 4.80. The van der Waals surface area contributed by atoms with E-state index < -0.39 is 0 Å². The molecule has 1 aromatic rings. The third-order valence-corrected chi connectivity index (χ3v) is 4.80. The minimum Gasteiger partial charge on any atom is -0.357 e. The van der Waals surface area contributed by atoms with Crippen LogP contribution in [0.15, 0.2) is 17.4 Å². The highest BCUT2D eigenvalue weighted by molar-refractivity contribution is 5.79. The zero-order valence-electron chi connectivity index (χ0n) is 15.6. The molecule has 0 aliphatic heterocycles. The van der Waals surface area contributed by atoms with Gasteiger partial charge in [0.1, 0.15) is 0 Å². The Hall–Kier alpha value is -1.52. The lowest BCUT2D eigenvalue weighted by atomic mass is 10.0. The summed E-state index contributed by atoms with van der Waals surface area (Å²) in [6, 6.07) is 0. The highest BCUT2D eigenvalue weighted by Gasteiger charge is 2.13. The first-order valence-corrected chi connectivity index (χ1v) is 9.77. The number of aliphatic imine (C=N–C) groups is 1. The van der Waals surface area contributed by atoms with Crippen LogP contribution in [0.5, 0.6) is 0 Å². The van der Waals surface area contributed by atoms with E-state index in [-0.39, 0.29) is 0 Å². The first kappa shape index (κ1) is 18.8. The molecule has 5 nitrogen and oxygen atoms in total. The number of nitrogens with zero attached hydrogens (tertiary/aromatic N) is 3. The van der Waals surface area contributed by atoms with Gasteiger partial charge in [-0.25, -0.2) is 0 Å². The predicted molar refractivity (Wildman–Crippen MR) is 101 cm³/mol. The fourth-order valence-electron chi connectivity index (χ4n) is 3.48. The molecule has 2 rings (SSSR count). The van der Waals surface area contributed by atoms with Crippen molar-refractivity contribution in [1.82, 2.24) is 20.4 Å². The zero-order valence-corrected chi connectivity index (χ0v) is 15.6. The predicted octanol–water partition coefficient (Wildman–Crippen LogP) is 3.27. The lowest BCUT2D eigenvalue weighted by Gasteiger charge is -2.12. The van der Waals surface area contributed by atoms with Gasteiger partial charge in [0.15, 0.2) is 5.96 Å². The standard InChI is InChI=1S/C19H35N5/c1-3-20-19(21-13-7-6-11-17-9-4-5-10-17)22-14-8-12-18-15-23-24(2)16-18/h15-17H,3-14H2,1-2H3,(H2,20,21,22). The van der Waals surface area contributed by atoms with Gasteiger partial charge in [-0.1, -0.05) is 38.5 Å². The van der Waals surface area contributed by atoms with Crippen molar-refractivity contribution < 1.29 is 0 Å². The molecule has 0 radical (unpaired) electrons. The minimum absolute atomic E-state index is 0.853. The summed E-state index contributed by atoms with van der Waals surface area (Å²) >= 11 is 0. The molecule has 0 amide bonds. The first-order chi connectivity index (χ1) is 11.8. The highest BCUT2D eigenvalue weighted by atomic mass is 15.2. The maximum absolute atomic E-state index is 4.68. The van der Waals surface area contributed by atoms with Crippen LogP contribution in [-0.4, -0.2) is 35.4 Å². The smallest absolute Gasteiger partial charge is 0.191 e. The number of rotatable bonds is 10. The summed E-state index contributed by atoms with van der Waals surface area (Å²) in [5, 5.41) is 11.0. The summed E-state index contributed by atoms with van der Waals surface area (Å²) < 4.78 is 1.86. The van der Waals surface area contributed by atoms with E-state index >= 15 is 0 Å². The van der Waals surface area contributed by atoms with E-state index in [1.165, 1.54) is 50.5 Å². The summed E-state index contributed by atoms with van der Waals surface area (Å²) in [7, 11) is 1.96. The summed E-state index contributed by atoms with van der Waals surface area (Å²) in [6.07, 6.45) is 16.0. The van der Waals surface area contributed by atoms with Gasteiger partial charge in [0, 0.05) is 32.9 Å². The van der Waals surface area contributed by atoms with Crippen LogP contribution in [0, 0.1) is 5.92 Å². The molecular formula is C19H35N5. The lowest BCUT2D eigenvalue weighted by Crippen LogP contribution is -2.37. The first-order valence-electron chi connectivity index (χ1n) is 9.77. The van der Waals surface area contributed by atoms with Crippen molar-refractivity contribution in [2.24, 2.45) is 18.0 Å². The molecular weight excluding hydrogens is 298 g/mol. The van der Waals surface area contributed by atoms with Crippen LogP contribution in [0.3, 0.4) is 0 Å². The Labute approximate surface area is 147 Å².